The number of ether oxygens (including phenoxy) is 1. The van der Waals surface area contributed by atoms with E-state index < -0.39 is 5.82 Å². The minimum Gasteiger partial charge on any atom is -0.489 e. The monoisotopic (exact) mass is 473 g/mol. The number of pyridine rings is 1. The molecule has 1 amide bonds. The van der Waals surface area contributed by atoms with Crippen LogP contribution in [0.5, 0.6) is 5.75 Å². The van der Waals surface area contributed by atoms with E-state index in [0.717, 1.165) is 37.1 Å². The largest absolute Gasteiger partial charge is 0.489 e. The normalized spacial score (nSPS) is 13.4. The molecule has 166 valence electrons. The molecule has 0 saturated carbocycles. The summed E-state index contributed by atoms with van der Waals surface area (Å²) in [4.78, 5) is 18.6. The van der Waals surface area contributed by atoms with Crippen LogP contribution in [-0.2, 0) is 6.42 Å². The van der Waals surface area contributed by atoms with E-state index in [-0.39, 0.29) is 23.4 Å². The fourth-order valence-corrected chi connectivity index (χ4v) is 4.26. The van der Waals surface area contributed by atoms with Gasteiger partial charge >= 0.3 is 0 Å². The number of nitrogens with zero attached hydrogens (tertiary/aromatic N) is 2. The second-order valence-electron chi connectivity index (χ2n) is 7.60. The molecule has 2 heterocycles. The molecule has 0 bridgehead atoms. The lowest BCUT2D eigenvalue weighted by molar-refractivity contribution is 0.0793. The lowest BCUT2D eigenvalue weighted by atomic mass is 10.0. The third-order valence-corrected chi connectivity index (χ3v) is 6.25. The Balaban J connectivity index is 1.46. The summed E-state index contributed by atoms with van der Waals surface area (Å²) < 4.78 is 19.5. The first kappa shape index (κ1) is 22.4. The van der Waals surface area contributed by atoms with Crippen LogP contribution in [0.4, 0.5) is 10.2 Å². The molecule has 32 heavy (non-hydrogen) atoms. The van der Waals surface area contributed by atoms with E-state index in [0.29, 0.717) is 28.3 Å². The summed E-state index contributed by atoms with van der Waals surface area (Å²) in [6.07, 6.45) is 4.08. The van der Waals surface area contributed by atoms with Gasteiger partial charge in [0.1, 0.15) is 5.82 Å². The van der Waals surface area contributed by atoms with Gasteiger partial charge in [-0.25, -0.2) is 9.37 Å². The van der Waals surface area contributed by atoms with Crippen molar-refractivity contribution in [2.75, 3.05) is 25.4 Å². The van der Waals surface area contributed by atoms with Crippen LogP contribution in [0.15, 0.2) is 48.7 Å². The van der Waals surface area contributed by atoms with Crippen molar-refractivity contribution >= 4 is 34.9 Å². The fourth-order valence-electron chi connectivity index (χ4n) is 3.70. The number of amides is 1. The Morgan fingerprint density at radius 3 is 2.53 bits per heavy atom. The second kappa shape index (κ2) is 9.76. The third kappa shape index (κ3) is 4.81. The highest BCUT2D eigenvalue weighted by atomic mass is 35.5. The number of nitrogens with two attached hydrogens (primary N) is 1. The van der Waals surface area contributed by atoms with Crippen molar-refractivity contribution in [1.82, 2.24) is 9.88 Å². The van der Waals surface area contributed by atoms with Gasteiger partial charge < -0.3 is 15.4 Å². The number of carbonyl (C=O) groups is 1. The van der Waals surface area contributed by atoms with Gasteiger partial charge in [-0.05, 0) is 54.3 Å². The Labute approximate surface area is 195 Å². The molecule has 1 aliphatic heterocycles. The number of halogens is 3. The number of carbonyl (C=O) groups excluding carboxylic acids is 1. The molecule has 0 unspecified atom stereocenters. The van der Waals surface area contributed by atoms with Crippen LogP contribution in [0, 0.1) is 5.82 Å². The van der Waals surface area contributed by atoms with Crippen molar-refractivity contribution in [3.05, 3.63) is 75.7 Å². The maximum absolute atomic E-state index is 13.7. The van der Waals surface area contributed by atoms with E-state index in [1.807, 2.05) is 29.2 Å². The van der Waals surface area contributed by atoms with Gasteiger partial charge in [0.2, 0.25) is 0 Å². The van der Waals surface area contributed by atoms with Crippen LogP contribution >= 0.6 is 23.2 Å². The van der Waals surface area contributed by atoms with Crippen LogP contribution in [0.25, 0.3) is 11.1 Å². The van der Waals surface area contributed by atoms with Crippen molar-refractivity contribution in [3.63, 3.8) is 0 Å². The molecule has 0 spiro atoms. The third-order valence-electron chi connectivity index (χ3n) is 5.49. The number of likely N-dealkylation sites (tertiary alicyclic amines) is 1. The van der Waals surface area contributed by atoms with Crippen molar-refractivity contribution in [2.45, 2.75) is 19.3 Å². The Hall–Kier alpha value is -2.83. The van der Waals surface area contributed by atoms with Crippen LogP contribution in [0.2, 0.25) is 10.0 Å². The molecule has 5 nitrogen and oxygen atoms in total. The summed E-state index contributed by atoms with van der Waals surface area (Å²) in [5, 5.41) is 0.368. The predicted octanol–water partition coefficient (Wildman–Crippen LogP) is 5.63. The number of anilines is 1. The molecule has 0 aliphatic carbocycles. The molecule has 8 heteroatoms. The van der Waals surface area contributed by atoms with Gasteiger partial charge in [0.25, 0.3) is 5.91 Å². The summed E-state index contributed by atoms with van der Waals surface area (Å²) in [6, 6.07) is 11.9. The van der Waals surface area contributed by atoms with Gasteiger partial charge in [0.05, 0.1) is 11.6 Å². The average molecular weight is 474 g/mol. The highest BCUT2D eigenvalue weighted by Gasteiger charge is 2.19. The van der Waals surface area contributed by atoms with Gasteiger partial charge in [-0.1, -0.05) is 35.3 Å². The number of hydrogen-bond acceptors (Lipinski definition) is 4. The molecule has 2 N–H and O–H groups in total. The van der Waals surface area contributed by atoms with E-state index in [1.165, 1.54) is 12.1 Å². The summed E-state index contributed by atoms with van der Waals surface area (Å²) in [5.74, 6) is 0.179. The van der Waals surface area contributed by atoms with Crippen LogP contribution < -0.4 is 10.5 Å². The maximum atomic E-state index is 13.7. The smallest absolute Gasteiger partial charge is 0.253 e. The molecule has 2 aromatic carbocycles. The molecule has 1 fully saturated rings. The lowest BCUT2D eigenvalue weighted by Crippen LogP contribution is -2.27. The number of benzene rings is 2. The highest BCUT2D eigenvalue weighted by Crippen LogP contribution is 2.30. The molecule has 1 aliphatic rings. The van der Waals surface area contributed by atoms with Crippen LogP contribution in [-0.4, -0.2) is 35.5 Å². The quantitative estimate of drug-likeness (QED) is 0.470. The highest BCUT2D eigenvalue weighted by molar-refractivity contribution is 6.36. The summed E-state index contributed by atoms with van der Waals surface area (Å²) >= 11 is 12.1. The van der Waals surface area contributed by atoms with Crippen molar-refractivity contribution in [3.8, 4) is 16.9 Å². The standard InChI is InChI=1S/C24H22Cl2FN3O2/c25-19-7-8-20(27)22(26)18(19)9-12-32-21-13-17(14-29-23(21)28)15-3-5-16(6-4-15)24(31)30-10-1-2-11-30/h3-8,13-14H,1-2,9-12H2,(H2,28,29). The van der Waals surface area contributed by atoms with Gasteiger partial charge in [0.15, 0.2) is 11.6 Å². The van der Waals surface area contributed by atoms with E-state index in [2.05, 4.69) is 4.98 Å². The van der Waals surface area contributed by atoms with Gasteiger partial charge in [-0.15, -0.1) is 0 Å². The Bertz CT molecular complexity index is 1130. The van der Waals surface area contributed by atoms with Crippen molar-refractivity contribution in [2.24, 2.45) is 0 Å². The first-order valence-electron chi connectivity index (χ1n) is 10.3. The van der Waals surface area contributed by atoms with Gasteiger partial charge in [-0.3, -0.25) is 4.79 Å². The molecule has 1 aromatic heterocycles. The first-order valence-corrected chi connectivity index (χ1v) is 11.1. The summed E-state index contributed by atoms with van der Waals surface area (Å²) in [7, 11) is 0. The van der Waals surface area contributed by atoms with E-state index in [4.69, 9.17) is 33.7 Å². The lowest BCUT2D eigenvalue weighted by Gasteiger charge is -2.15. The van der Waals surface area contributed by atoms with Crippen molar-refractivity contribution in [1.29, 1.82) is 0 Å². The van der Waals surface area contributed by atoms with E-state index >= 15 is 0 Å². The minimum atomic E-state index is -0.527. The second-order valence-corrected chi connectivity index (χ2v) is 8.39. The Kier molecular flexibility index (Phi) is 6.82. The molecule has 3 aromatic rings. The number of rotatable bonds is 6. The van der Waals surface area contributed by atoms with E-state index in [1.54, 1.807) is 12.3 Å². The summed E-state index contributed by atoms with van der Waals surface area (Å²) in [5.41, 5.74) is 8.80. The average Bonchev–Trinajstić information content (AvgIpc) is 3.34. The fraction of sp³-hybridized carbons (Fsp3) is 0.250. The van der Waals surface area contributed by atoms with E-state index in [9.17, 15) is 9.18 Å². The van der Waals surface area contributed by atoms with Crippen LogP contribution in [0.3, 0.4) is 0 Å². The summed E-state index contributed by atoms with van der Waals surface area (Å²) in [6.45, 7) is 1.83. The Morgan fingerprint density at radius 1 is 1.09 bits per heavy atom. The zero-order valence-electron chi connectivity index (χ0n) is 17.3. The number of hydrogen-bond donors (Lipinski definition) is 1. The van der Waals surface area contributed by atoms with Crippen molar-refractivity contribution < 1.29 is 13.9 Å². The minimum absolute atomic E-state index is 0.00971. The predicted molar refractivity (Wildman–Crippen MR) is 125 cm³/mol. The SMILES string of the molecule is Nc1ncc(-c2ccc(C(=O)N3CCCC3)cc2)cc1OCCc1c(Cl)ccc(F)c1Cl. The number of nitrogen functional groups attached to an aromatic ring is 1. The maximum Gasteiger partial charge on any atom is 0.253 e. The molecular weight excluding hydrogens is 452 g/mol. The number of aromatic nitrogens is 1. The topological polar surface area (TPSA) is 68.5 Å². The molecular formula is C24H22Cl2FN3O2. The molecule has 4 rings (SSSR count). The van der Waals surface area contributed by atoms with Gasteiger partial charge in [-0.2, -0.15) is 0 Å². The zero-order valence-corrected chi connectivity index (χ0v) is 18.8. The van der Waals surface area contributed by atoms with Gasteiger partial charge in [0, 0.05) is 41.9 Å². The molecule has 0 radical (unpaired) electrons. The van der Waals surface area contributed by atoms with Crippen LogP contribution in [0.1, 0.15) is 28.8 Å². The molecule has 0 atom stereocenters. The Morgan fingerprint density at radius 2 is 1.81 bits per heavy atom. The molecule has 1 saturated heterocycles. The zero-order chi connectivity index (χ0) is 22.7. The first-order chi connectivity index (χ1) is 15.4.